The van der Waals surface area contributed by atoms with Gasteiger partial charge in [-0.2, -0.15) is 0 Å². The van der Waals surface area contributed by atoms with Crippen LogP contribution in [0.25, 0.3) is 0 Å². The second-order valence-electron chi connectivity index (χ2n) is 5.36. The van der Waals surface area contributed by atoms with E-state index in [2.05, 4.69) is 11.4 Å². The molecule has 0 saturated heterocycles. The van der Waals surface area contributed by atoms with E-state index in [1.165, 1.54) is 4.88 Å². The second kappa shape index (κ2) is 8.67. The number of amides is 2. The number of urea groups is 1. The second-order valence-corrected chi connectivity index (χ2v) is 6.39. The fourth-order valence-electron chi connectivity index (χ4n) is 1.91. The van der Waals surface area contributed by atoms with E-state index >= 15 is 0 Å². The number of hydrogen-bond acceptors (Lipinski definition) is 3. The highest BCUT2D eigenvalue weighted by Crippen LogP contribution is 2.13. The molecule has 0 fully saturated rings. The minimum absolute atomic E-state index is 0.109. The molecule has 1 rings (SSSR count). The van der Waals surface area contributed by atoms with Gasteiger partial charge >= 0.3 is 12.0 Å². The molecule has 1 aromatic rings. The van der Waals surface area contributed by atoms with Crippen LogP contribution in [-0.2, 0) is 11.2 Å². The van der Waals surface area contributed by atoms with Gasteiger partial charge in [-0.05, 0) is 31.2 Å². The predicted molar refractivity (Wildman–Crippen MR) is 84.7 cm³/mol. The van der Waals surface area contributed by atoms with Crippen molar-refractivity contribution in [3.8, 4) is 0 Å². The van der Waals surface area contributed by atoms with Gasteiger partial charge in [0.05, 0.1) is 5.92 Å². The van der Waals surface area contributed by atoms with Crippen molar-refractivity contribution in [2.24, 2.45) is 5.92 Å². The van der Waals surface area contributed by atoms with E-state index in [1.54, 1.807) is 30.2 Å². The highest BCUT2D eigenvalue weighted by molar-refractivity contribution is 7.09. The number of aliphatic carboxylic acids is 1. The van der Waals surface area contributed by atoms with Crippen molar-refractivity contribution < 1.29 is 14.7 Å². The van der Waals surface area contributed by atoms with E-state index in [0.717, 1.165) is 6.42 Å². The van der Waals surface area contributed by atoms with Gasteiger partial charge in [-0.1, -0.05) is 13.0 Å². The van der Waals surface area contributed by atoms with Crippen LogP contribution in [-0.4, -0.2) is 41.6 Å². The van der Waals surface area contributed by atoms with Crippen molar-refractivity contribution in [3.63, 3.8) is 0 Å². The fourth-order valence-corrected chi connectivity index (χ4v) is 2.74. The van der Waals surface area contributed by atoms with E-state index in [4.69, 9.17) is 5.11 Å². The zero-order chi connectivity index (χ0) is 15.8. The van der Waals surface area contributed by atoms with Gasteiger partial charge in [0.25, 0.3) is 0 Å². The summed E-state index contributed by atoms with van der Waals surface area (Å²) in [5.41, 5.74) is 0. The maximum Gasteiger partial charge on any atom is 0.317 e. The molecule has 0 spiro atoms. The molecule has 2 amide bonds. The van der Waals surface area contributed by atoms with Gasteiger partial charge in [-0.25, -0.2) is 4.79 Å². The van der Waals surface area contributed by atoms with Gasteiger partial charge in [0, 0.05) is 30.9 Å². The maximum absolute atomic E-state index is 12.0. The smallest absolute Gasteiger partial charge is 0.317 e. The Kier molecular flexibility index (Phi) is 7.22. The highest BCUT2D eigenvalue weighted by Gasteiger charge is 2.16. The quantitative estimate of drug-likeness (QED) is 0.725. The molecule has 2 N–H and O–H groups in total. The summed E-state index contributed by atoms with van der Waals surface area (Å²) in [6.45, 7) is 4.21. The Morgan fingerprint density at radius 1 is 1.43 bits per heavy atom. The van der Waals surface area contributed by atoms with Gasteiger partial charge in [0.2, 0.25) is 0 Å². The Morgan fingerprint density at radius 2 is 2.14 bits per heavy atom. The molecule has 21 heavy (non-hydrogen) atoms. The minimum atomic E-state index is -0.789. The largest absolute Gasteiger partial charge is 0.481 e. The summed E-state index contributed by atoms with van der Waals surface area (Å²) in [6.07, 6.45) is 2.09. The van der Waals surface area contributed by atoms with Crippen molar-refractivity contribution in [1.29, 1.82) is 0 Å². The third kappa shape index (κ3) is 6.16. The standard InChI is InChI=1S/C15H24N2O3S/c1-11(14(18)19)6-4-8-16-15(20)17(3)12(2)10-13-7-5-9-21-13/h5,7,9,11-12H,4,6,8,10H2,1-3H3,(H,16,20)(H,18,19). The lowest BCUT2D eigenvalue weighted by molar-refractivity contribution is -0.141. The lowest BCUT2D eigenvalue weighted by atomic mass is 10.1. The first-order valence-corrected chi connectivity index (χ1v) is 8.05. The Hall–Kier alpha value is -1.56. The van der Waals surface area contributed by atoms with Gasteiger partial charge in [0.15, 0.2) is 0 Å². The molecule has 0 aliphatic heterocycles. The first kappa shape index (κ1) is 17.5. The molecule has 1 heterocycles. The van der Waals surface area contributed by atoms with Crippen molar-refractivity contribution in [2.45, 2.75) is 39.2 Å². The summed E-state index contributed by atoms with van der Waals surface area (Å²) in [7, 11) is 1.79. The van der Waals surface area contributed by atoms with Crippen LogP contribution in [0.5, 0.6) is 0 Å². The molecular formula is C15H24N2O3S. The van der Waals surface area contributed by atoms with Crippen molar-refractivity contribution in [2.75, 3.05) is 13.6 Å². The van der Waals surface area contributed by atoms with Crippen LogP contribution in [0.2, 0.25) is 0 Å². The molecule has 2 atom stereocenters. The summed E-state index contributed by atoms with van der Waals surface area (Å²) < 4.78 is 0. The average molecular weight is 312 g/mol. The number of nitrogens with one attached hydrogen (secondary N) is 1. The number of thiophene rings is 1. The molecular weight excluding hydrogens is 288 g/mol. The fraction of sp³-hybridized carbons (Fsp3) is 0.600. The van der Waals surface area contributed by atoms with E-state index in [1.807, 2.05) is 18.4 Å². The summed E-state index contributed by atoms with van der Waals surface area (Å²) in [4.78, 5) is 25.6. The molecule has 2 unspecified atom stereocenters. The minimum Gasteiger partial charge on any atom is -0.481 e. The van der Waals surface area contributed by atoms with Crippen LogP contribution >= 0.6 is 11.3 Å². The maximum atomic E-state index is 12.0. The van der Waals surface area contributed by atoms with E-state index in [9.17, 15) is 9.59 Å². The van der Waals surface area contributed by atoms with E-state index in [-0.39, 0.29) is 18.0 Å². The summed E-state index contributed by atoms with van der Waals surface area (Å²) in [6, 6.07) is 4.10. The normalized spacial score (nSPS) is 13.5. The van der Waals surface area contributed by atoms with Gasteiger partial charge in [-0.15, -0.1) is 11.3 Å². The van der Waals surface area contributed by atoms with E-state index < -0.39 is 5.97 Å². The third-order valence-corrected chi connectivity index (χ3v) is 4.47. The number of carboxylic acid groups (broad SMARTS) is 1. The van der Waals surface area contributed by atoms with Crippen LogP contribution in [0.1, 0.15) is 31.6 Å². The first-order valence-electron chi connectivity index (χ1n) is 7.17. The highest BCUT2D eigenvalue weighted by atomic mass is 32.1. The monoisotopic (exact) mass is 312 g/mol. The van der Waals surface area contributed by atoms with Crippen LogP contribution < -0.4 is 5.32 Å². The number of carbonyl (C=O) groups is 2. The first-order chi connectivity index (χ1) is 9.91. The lowest BCUT2D eigenvalue weighted by Gasteiger charge is -2.25. The molecule has 1 aromatic heterocycles. The molecule has 0 aromatic carbocycles. The molecule has 118 valence electrons. The number of rotatable bonds is 8. The number of carbonyl (C=O) groups excluding carboxylic acids is 1. The SMILES string of the molecule is CC(CCCNC(=O)N(C)C(C)Cc1cccs1)C(=O)O. The molecule has 5 nitrogen and oxygen atoms in total. The molecule has 0 radical (unpaired) electrons. The van der Waals surface area contributed by atoms with Crippen LogP contribution in [0.15, 0.2) is 17.5 Å². The topological polar surface area (TPSA) is 69.6 Å². The third-order valence-electron chi connectivity index (χ3n) is 3.57. The number of carboxylic acids is 1. The van der Waals surface area contributed by atoms with E-state index in [0.29, 0.717) is 19.4 Å². The van der Waals surface area contributed by atoms with Crippen molar-refractivity contribution in [3.05, 3.63) is 22.4 Å². The zero-order valence-electron chi connectivity index (χ0n) is 12.8. The Balaban J connectivity index is 2.26. The number of likely N-dealkylation sites (N-methyl/N-ethyl adjacent to an activating group) is 1. The predicted octanol–water partition coefficient (Wildman–Crippen LogP) is 2.82. The average Bonchev–Trinajstić information content (AvgIpc) is 2.94. The summed E-state index contributed by atoms with van der Waals surface area (Å²) >= 11 is 1.69. The molecule has 0 saturated carbocycles. The summed E-state index contributed by atoms with van der Waals surface area (Å²) in [5.74, 6) is -1.15. The number of nitrogens with zero attached hydrogens (tertiary/aromatic N) is 1. The van der Waals surface area contributed by atoms with Gasteiger partial charge < -0.3 is 15.3 Å². The molecule has 0 aliphatic rings. The van der Waals surface area contributed by atoms with Crippen molar-refractivity contribution >= 4 is 23.3 Å². The molecule has 0 aliphatic carbocycles. The molecule has 6 heteroatoms. The van der Waals surface area contributed by atoms with Gasteiger partial charge in [0.1, 0.15) is 0 Å². The Labute approximate surface area is 130 Å². The van der Waals surface area contributed by atoms with Crippen LogP contribution in [0, 0.1) is 5.92 Å². The van der Waals surface area contributed by atoms with Crippen LogP contribution in [0.3, 0.4) is 0 Å². The van der Waals surface area contributed by atoms with Crippen molar-refractivity contribution in [1.82, 2.24) is 10.2 Å². The lowest BCUT2D eigenvalue weighted by Crippen LogP contribution is -2.43. The number of hydrogen-bond donors (Lipinski definition) is 2. The van der Waals surface area contributed by atoms with Gasteiger partial charge in [-0.3, -0.25) is 4.79 Å². The zero-order valence-corrected chi connectivity index (χ0v) is 13.7. The summed E-state index contributed by atoms with van der Waals surface area (Å²) in [5, 5.41) is 13.6. The Morgan fingerprint density at radius 3 is 2.71 bits per heavy atom. The molecule has 0 bridgehead atoms. The van der Waals surface area contributed by atoms with Crippen LogP contribution in [0.4, 0.5) is 4.79 Å². The Bertz CT molecular complexity index is 448.